The molecule has 0 spiro atoms. The van der Waals surface area contributed by atoms with E-state index in [1.165, 1.54) is 23.7 Å². The minimum Gasteiger partial charge on any atom is -0.368 e. The zero-order valence-electron chi connectivity index (χ0n) is 18.5. The molecule has 0 radical (unpaired) electrons. The summed E-state index contributed by atoms with van der Waals surface area (Å²) in [6.45, 7) is 10.5. The van der Waals surface area contributed by atoms with Crippen LogP contribution in [0.25, 0.3) is 10.9 Å². The number of aromatic nitrogens is 1. The van der Waals surface area contributed by atoms with Gasteiger partial charge in [-0.15, -0.1) is 0 Å². The van der Waals surface area contributed by atoms with E-state index >= 15 is 0 Å². The quantitative estimate of drug-likeness (QED) is 0.699. The zero-order chi connectivity index (χ0) is 22.1. The highest BCUT2D eigenvalue weighted by Crippen LogP contribution is 2.27. The molecule has 4 rings (SSSR count). The van der Waals surface area contributed by atoms with Crippen LogP contribution in [0, 0.1) is 20.8 Å². The highest BCUT2D eigenvalue weighted by molar-refractivity contribution is 6.08. The molecule has 1 aliphatic rings. The Bertz CT molecular complexity index is 1160. The first-order chi connectivity index (χ1) is 14.8. The number of fused-ring (bicyclic) bond motifs is 1. The lowest BCUT2D eigenvalue weighted by Gasteiger charge is -2.37. The molecule has 0 bridgehead atoms. The van der Waals surface area contributed by atoms with Gasteiger partial charge in [0, 0.05) is 55.6 Å². The molecule has 1 saturated heterocycles. The summed E-state index contributed by atoms with van der Waals surface area (Å²) in [6, 6.07) is 13.8. The van der Waals surface area contributed by atoms with Crippen LogP contribution < -0.4 is 10.2 Å². The van der Waals surface area contributed by atoms with Gasteiger partial charge in [0.25, 0.3) is 5.91 Å². The van der Waals surface area contributed by atoms with Crippen LogP contribution in [-0.4, -0.2) is 47.9 Å². The zero-order valence-corrected chi connectivity index (χ0v) is 18.5. The van der Waals surface area contributed by atoms with Crippen molar-refractivity contribution in [3.05, 3.63) is 64.8 Å². The normalized spacial score (nSPS) is 14.1. The number of anilines is 2. The Morgan fingerprint density at radius 2 is 1.71 bits per heavy atom. The predicted molar refractivity (Wildman–Crippen MR) is 125 cm³/mol. The highest BCUT2D eigenvalue weighted by Gasteiger charge is 2.25. The Balaban J connectivity index is 1.60. The monoisotopic (exact) mass is 416 g/mol. The average molecular weight is 417 g/mol. The molecular weight excluding hydrogens is 388 g/mol. The minimum atomic E-state index is -0.174. The van der Waals surface area contributed by atoms with Gasteiger partial charge in [0.2, 0.25) is 5.91 Å². The third-order valence-corrected chi connectivity index (χ3v) is 5.98. The van der Waals surface area contributed by atoms with E-state index in [0.29, 0.717) is 29.9 Å². The molecular formula is C25H28N4O2. The second-order valence-corrected chi connectivity index (χ2v) is 8.22. The fourth-order valence-electron chi connectivity index (χ4n) is 4.19. The summed E-state index contributed by atoms with van der Waals surface area (Å²) in [4.78, 5) is 33.9. The number of hydrogen-bond donors (Lipinski definition) is 1. The standard InChI is InChI=1S/C25H28N4O2/c1-16-6-5-7-24(18(16)3)28-10-12-29(13-11-28)25(31)22-14-20(27-19(4)30)15-23-21(22)9-8-17(2)26-23/h5-9,14-15H,10-13H2,1-4H3,(H,27,30). The first-order valence-electron chi connectivity index (χ1n) is 10.6. The van der Waals surface area contributed by atoms with E-state index in [2.05, 4.69) is 47.2 Å². The number of pyridine rings is 1. The third kappa shape index (κ3) is 4.24. The number of rotatable bonds is 3. The van der Waals surface area contributed by atoms with Gasteiger partial charge in [-0.2, -0.15) is 0 Å². The topological polar surface area (TPSA) is 65.5 Å². The first kappa shape index (κ1) is 20.8. The number of aryl methyl sites for hydroxylation is 2. The van der Waals surface area contributed by atoms with Gasteiger partial charge in [0.05, 0.1) is 11.1 Å². The maximum absolute atomic E-state index is 13.5. The van der Waals surface area contributed by atoms with Crippen LogP contribution >= 0.6 is 0 Å². The van der Waals surface area contributed by atoms with E-state index in [9.17, 15) is 9.59 Å². The lowest BCUT2D eigenvalue weighted by molar-refractivity contribution is -0.114. The molecule has 1 fully saturated rings. The largest absolute Gasteiger partial charge is 0.368 e. The summed E-state index contributed by atoms with van der Waals surface area (Å²) < 4.78 is 0. The molecule has 6 nitrogen and oxygen atoms in total. The minimum absolute atomic E-state index is 0.0246. The van der Waals surface area contributed by atoms with Crippen LogP contribution in [0.5, 0.6) is 0 Å². The van der Waals surface area contributed by atoms with Crippen molar-refractivity contribution < 1.29 is 9.59 Å². The Kier molecular flexibility index (Phi) is 5.63. The number of nitrogens with zero attached hydrogens (tertiary/aromatic N) is 3. The Hall–Kier alpha value is -3.41. The second-order valence-electron chi connectivity index (χ2n) is 8.22. The maximum atomic E-state index is 13.5. The van der Waals surface area contributed by atoms with Gasteiger partial charge < -0.3 is 15.1 Å². The smallest absolute Gasteiger partial charge is 0.254 e. The summed E-state index contributed by atoms with van der Waals surface area (Å²) in [5, 5.41) is 3.60. The second kappa shape index (κ2) is 8.38. The van der Waals surface area contributed by atoms with Crippen molar-refractivity contribution in [2.45, 2.75) is 27.7 Å². The van der Waals surface area contributed by atoms with Crippen molar-refractivity contribution in [2.75, 3.05) is 36.4 Å². The first-order valence-corrected chi connectivity index (χ1v) is 10.6. The van der Waals surface area contributed by atoms with Crippen LogP contribution in [-0.2, 0) is 4.79 Å². The molecule has 2 heterocycles. The van der Waals surface area contributed by atoms with Crippen molar-refractivity contribution in [1.82, 2.24) is 9.88 Å². The summed E-state index contributed by atoms with van der Waals surface area (Å²) >= 11 is 0. The van der Waals surface area contributed by atoms with Gasteiger partial charge in [-0.3, -0.25) is 14.6 Å². The van der Waals surface area contributed by atoms with Gasteiger partial charge in [0.1, 0.15) is 0 Å². The van der Waals surface area contributed by atoms with Crippen LogP contribution in [0.15, 0.2) is 42.5 Å². The molecule has 0 unspecified atom stereocenters. The van der Waals surface area contributed by atoms with Crippen LogP contribution in [0.2, 0.25) is 0 Å². The van der Waals surface area contributed by atoms with Crippen LogP contribution in [0.3, 0.4) is 0 Å². The van der Waals surface area contributed by atoms with Crippen molar-refractivity contribution in [2.24, 2.45) is 0 Å². The Labute approximate surface area is 182 Å². The molecule has 160 valence electrons. The number of hydrogen-bond acceptors (Lipinski definition) is 4. The van der Waals surface area contributed by atoms with E-state index in [1.807, 2.05) is 30.0 Å². The van der Waals surface area contributed by atoms with Crippen molar-refractivity contribution in [3.8, 4) is 0 Å². The maximum Gasteiger partial charge on any atom is 0.254 e. The summed E-state index contributed by atoms with van der Waals surface area (Å²) in [5.74, 6) is -0.198. The Morgan fingerprint density at radius 1 is 0.968 bits per heavy atom. The number of benzene rings is 2. The van der Waals surface area contributed by atoms with Gasteiger partial charge in [-0.05, 0) is 56.2 Å². The highest BCUT2D eigenvalue weighted by atomic mass is 16.2. The predicted octanol–water partition coefficient (Wildman–Crippen LogP) is 4.08. The number of amides is 2. The van der Waals surface area contributed by atoms with Crippen molar-refractivity contribution in [1.29, 1.82) is 0 Å². The third-order valence-electron chi connectivity index (χ3n) is 5.98. The molecule has 1 N–H and O–H groups in total. The molecule has 6 heteroatoms. The fraction of sp³-hybridized carbons (Fsp3) is 0.320. The fourth-order valence-corrected chi connectivity index (χ4v) is 4.19. The van der Waals surface area contributed by atoms with E-state index in [4.69, 9.17) is 0 Å². The van der Waals surface area contributed by atoms with Crippen LogP contribution in [0.4, 0.5) is 11.4 Å². The number of carbonyl (C=O) groups excluding carboxylic acids is 2. The molecule has 2 amide bonds. The van der Waals surface area contributed by atoms with E-state index in [0.717, 1.165) is 24.2 Å². The molecule has 1 aliphatic heterocycles. The van der Waals surface area contributed by atoms with Gasteiger partial charge in [-0.25, -0.2) is 0 Å². The van der Waals surface area contributed by atoms with E-state index in [1.54, 1.807) is 6.07 Å². The van der Waals surface area contributed by atoms with Gasteiger partial charge in [0.15, 0.2) is 0 Å². The lowest BCUT2D eigenvalue weighted by Crippen LogP contribution is -2.49. The Morgan fingerprint density at radius 3 is 2.42 bits per heavy atom. The van der Waals surface area contributed by atoms with Crippen molar-refractivity contribution in [3.63, 3.8) is 0 Å². The lowest BCUT2D eigenvalue weighted by atomic mass is 10.0. The molecule has 0 aliphatic carbocycles. The molecule has 0 saturated carbocycles. The summed E-state index contributed by atoms with van der Waals surface area (Å²) in [7, 11) is 0. The SMILES string of the molecule is CC(=O)Nc1cc(C(=O)N2CCN(c3cccc(C)c3C)CC2)c2ccc(C)nc2c1. The molecule has 1 aromatic heterocycles. The molecule has 31 heavy (non-hydrogen) atoms. The van der Waals surface area contributed by atoms with Gasteiger partial charge >= 0.3 is 0 Å². The molecule has 2 aromatic carbocycles. The molecule has 3 aromatic rings. The number of nitrogens with one attached hydrogen (secondary N) is 1. The number of piperazine rings is 1. The van der Waals surface area contributed by atoms with Gasteiger partial charge in [-0.1, -0.05) is 18.2 Å². The summed E-state index contributed by atoms with van der Waals surface area (Å²) in [5.41, 5.74) is 6.56. The summed E-state index contributed by atoms with van der Waals surface area (Å²) in [6.07, 6.45) is 0. The molecule has 0 atom stereocenters. The van der Waals surface area contributed by atoms with Crippen LogP contribution in [0.1, 0.15) is 34.1 Å². The van der Waals surface area contributed by atoms with E-state index in [-0.39, 0.29) is 11.8 Å². The number of carbonyl (C=O) groups is 2. The average Bonchev–Trinajstić information content (AvgIpc) is 2.74. The van der Waals surface area contributed by atoms with Crippen molar-refractivity contribution >= 4 is 34.1 Å². The van der Waals surface area contributed by atoms with E-state index < -0.39 is 0 Å².